The second-order valence-corrected chi connectivity index (χ2v) is 4.62. The molecule has 5 heteroatoms. The molecule has 0 bridgehead atoms. The normalized spacial score (nSPS) is 10.8. The number of imidazole rings is 1. The number of carbonyl (C=O) groups is 1. The van der Waals surface area contributed by atoms with Crippen LogP contribution >= 0.6 is 0 Å². The van der Waals surface area contributed by atoms with Gasteiger partial charge in [0.15, 0.2) is 0 Å². The summed E-state index contributed by atoms with van der Waals surface area (Å²) in [5.74, 6) is -0.963. The largest absolute Gasteiger partial charge is 0.478 e. The van der Waals surface area contributed by atoms with Crippen LogP contribution in [0.1, 0.15) is 21.6 Å². The standard InChI is InChI=1S/C15H13N3O2/c1-10-4-3-7-16-12(10)8-18-9-17-14-11(15(19)20)5-2-6-13(14)18/h2-7,9H,8H2,1H3,(H,19,20). The van der Waals surface area contributed by atoms with Gasteiger partial charge in [-0.3, -0.25) is 4.98 Å². The number of pyridine rings is 1. The Morgan fingerprint density at radius 2 is 2.10 bits per heavy atom. The summed E-state index contributed by atoms with van der Waals surface area (Å²) in [6.07, 6.45) is 3.41. The first-order chi connectivity index (χ1) is 9.66. The average molecular weight is 267 g/mol. The second kappa shape index (κ2) is 4.77. The molecule has 0 radical (unpaired) electrons. The third-order valence-corrected chi connectivity index (χ3v) is 3.32. The maximum atomic E-state index is 11.2. The van der Waals surface area contributed by atoms with Crippen LogP contribution in [0, 0.1) is 6.92 Å². The summed E-state index contributed by atoms with van der Waals surface area (Å²) in [6, 6.07) is 9.06. The van der Waals surface area contributed by atoms with E-state index in [0.717, 1.165) is 16.8 Å². The van der Waals surface area contributed by atoms with Gasteiger partial charge in [-0.2, -0.15) is 0 Å². The van der Waals surface area contributed by atoms with Crippen molar-refractivity contribution in [3.8, 4) is 0 Å². The average Bonchev–Trinajstić information content (AvgIpc) is 2.84. The van der Waals surface area contributed by atoms with Crippen molar-refractivity contribution in [1.29, 1.82) is 0 Å². The zero-order valence-electron chi connectivity index (χ0n) is 10.9. The molecule has 0 amide bonds. The number of carboxylic acids is 1. The van der Waals surface area contributed by atoms with Gasteiger partial charge in [-0.05, 0) is 30.7 Å². The number of benzene rings is 1. The third kappa shape index (κ3) is 2.03. The highest BCUT2D eigenvalue weighted by Crippen LogP contribution is 2.19. The molecule has 3 aromatic rings. The van der Waals surface area contributed by atoms with Crippen molar-refractivity contribution in [3.63, 3.8) is 0 Å². The Bertz CT molecular complexity index is 793. The Balaban J connectivity index is 2.08. The first-order valence-electron chi connectivity index (χ1n) is 6.24. The van der Waals surface area contributed by atoms with Crippen LogP contribution in [0.5, 0.6) is 0 Å². The minimum absolute atomic E-state index is 0.221. The van der Waals surface area contributed by atoms with Crippen LogP contribution < -0.4 is 0 Å². The Kier molecular flexibility index (Phi) is 2.95. The summed E-state index contributed by atoms with van der Waals surface area (Å²) in [6.45, 7) is 2.58. The van der Waals surface area contributed by atoms with Crippen LogP contribution in [0.25, 0.3) is 11.0 Å². The van der Waals surface area contributed by atoms with Crippen LogP contribution in [0.4, 0.5) is 0 Å². The van der Waals surface area contributed by atoms with E-state index >= 15 is 0 Å². The molecule has 0 aliphatic carbocycles. The minimum Gasteiger partial charge on any atom is -0.478 e. The molecule has 2 aromatic heterocycles. The Morgan fingerprint density at radius 3 is 2.85 bits per heavy atom. The summed E-state index contributed by atoms with van der Waals surface area (Å²) in [5, 5.41) is 9.16. The van der Waals surface area contributed by atoms with Gasteiger partial charge in [0, 0.05) is 6.20 Å². The minimum atomic E-state index is -0.963. The maximum absolute atomic E-state index is 11.2. The van der Waals surface area contributed by atoms with Crippen LogP contribution in [0.2, 0.25) is 0 Å². The fourth-order valence-corrected chi connectivity index (χ4v) is 2.23. The highest BCUT2D eigenvalue weighted by atomic mass is 16.4. The lowest BCUT2D eigenvalue weighted by Gasteiger charge is -2.06. The summed E-state index contributed by atoms with van der Waals surface area (Å²) >= 11 is 0. The third-order valence-electron chi connectivity index (χ3n) is 3.32. The molecule has 100 valence electrons. The van der Waals surface area contributed by atoms with E-state index in [9.17, 15) is 4.79 Å². The van der Waals surface area contributed by atoms with E-state index in [2.05, 4.69) is 9.97 Å². The molecule has 0 fully saturated rings. The van der Waals surface area contributed by atoms with Crippen molar-refractivity contribution in [1.82, 2.24) is 14.5 Å². The van der Waals surface area contributed by atoms with E-state index in [-0.39, 0.29) is 5.56 Å². The van der Waals surface area contributed by atoms with Crippen LogP contribution in [-0.4, -0.2) is 25.6 Å². The molecule has 0 aliphatic heterocycles. The number of aryl methyl sites for hydroxylation is 1. The number of rotatable bonds is 3. The molecule has 1 aromatic carbocycles. The quantitative estimate of drug-likeness (QED) is 0.791. The molecule has 0 saturated carbocycles. The number of aromatic carboxylic acids is 1. The van der Waals surface area contributed by atoms with E-state index in [1.54, 1.807) is 24.7 Å². The maximum Gasteiger partial charge on any atom is 0.337 e. The number of fused-ring (bicyclic) bond motifs is 1. The summed E-state index contributed by atoms with van der Waals surface area (Å²) in [7, 11) is 0. The van der Waals surface area contributed by atoms with Crippen LogP contribution in [0.15, 0.2) is 42.9 Å². The Morgan fingerprint density at radius 1 is 1.25 bits per heavy atom. The predicted octanol–water partition coefficient (Wildman–Crippen LogP) is 2.49. The number of nitrogens with zero attached hydrogens (tertiary/aromatic N) is 3. The highest BCUT2D eigenvalue weighted by Gasteiger charge is 2.12. The van der Waals surface area contributed by atoms with Crippen molar-refractivity contribution in [2.45, 2.75) is 13.5 Å². The molecule has 20 heavy (non-hydrogen) atoms. The molecule has 1 N–H and O–H groups in total. The number of carboxylic acid groups (broad SMARTS) is 1. The second-order valence-electron chi connectivity index (χ2n) is 4.62. The lowest BCUT2D eigenvalue weighted by Crippen LogP contribution is -2.03. The zero-order valence-corrected chi connectivity index (χ0v) is 10.9. The Hall–Kier alpha value is -2.69. The molecular formula is C15H13N3O2. The lowest BCUT2D eigenvalue weighted by molar-refractivity contribution is 0.0699. The molecule has 5 nitrogen and oxygen atoms in total. The van der Waals surface area contributed by atoms with Crippen molar-refractivity contribution < 1.29 is 9.90 Å². The van der Waals surface area contributed by atoms with Gasteiger partial charge in [0.05, 0.1) is 29.6 Å². The first kappa shape index (κ1) is 12.3. The number of hydrogen-bond donors (Lipinski definition) is 1. The number of aromatic nitrogens is 3. The van der Waals surface area contributed by atoms with Crippen molar-refractivity contribution in [2.24, 2.45) is 0 Å². The molecule has 0 spiro atoms. The first-order valence-corrected chi connectivity index (χ1v) is 6.24. The van der Waals surface area contributed by atoms with Crippen molar-refractivity contribution in [3.05, 3.63) is 59.7 Å². The van der Waals surface area contributed by atoms with Gasteiger partial charge in [-0.15, -0.1) is 0 Å². The van der Waals surface area contributed by atoms with E-state index in [1.165, 1.54) is 0 Å². The predicted molar refractivity (Wildman–Crippen MR) is 74.8 cm³/mol. The van der Waals surface area contributed by atoms with Gasteiger partial charge < -0.3 is 9.67 Å². The van der Waals surface area contributed by atoms with E-state index in [0.29, 0.717) is 12.1 Å². The smallest absolute Gasteiger partial charge is 0.337 e. The van der Waals surface area contributed by atoms with Crippen molar-refractivity contribution >= 4 is 17.0 Å². The molecule has 3 rings (SSSR count). The monoisotopic (exact) mass is 267 g/mol. The number of para-hydroxylation sites is 1. The SMILES string of the molecule is Cc1cccnc1Cn1cnc2c(C(=O)O)cccc21. The molecule has 0 atom stereocenters. The molecule has 0 saturated heterocycles. The van der Waals surface area contributed by atoms with E-state index in [4.69, 9.17) is 5.11 Å². The van der Waals surface area contributed by atoms with Gasteiger partial charge in [0.2, 0.25) is 0 Å². The fraction of sp³-hybridized carbons (Fsp3) is 0.133. The zero-order chi connectivity index (χ0) is 14.1. The highest BCUT2D eigenvalue weighted by molar-refractivity contribution is 6.00. The van der Waals surface area contributed by atoms with Gasteiger partial charge in [-0.1, -0.05) is 12.1 Å². The summed E-state index contributed by atoms with van der Waals surface area (Å²) in [5.41, 5.74) is 3.58. The fourth-order valence-electron chi connectivity index (χ4n) is 2.23. The molecular weight excluding hydrogens is 254 g/mol. The van der Waals surface area contributed by atoms with Gasteiger partial charge in [0.25, 0.3) is 0 Å². The van der Waals surface area contributed by atoms with E-state index < -0.39 is 5.97 Å². The van der Waals surface area contributed by atoms with E-state index in [1.807, 2.05) is 29.7 Å². The van der Waals surface area contributed by atoms with Gasteiger partial charge in [0.1, 0.15) is 5.52 Å². The Labute approximate surface area is 115 Å². The topological polar surface area (TPSA) is 68.0 Å². The van der Waals surface area contributed by atoms with Gasteiger partial charge in [-0.25, -0.2) is 9.78 Å². The summed E-state index contributed by atoms with van der Waals surface area (Å²) < 4.78 is 1.91. The summed E-state index contributed by atoms with van der Waals surface area (Å²) in [4.78, 5) is 19.7. The van der Waals surface area contributed by atoms with Crippen LogP contribution in [-0.2, 0) is 6.54 Å². The van der Waals surface area contributed by atoms with Gasteiger partial charge >= 0.3 is 5.97 Å². The number of hydrogen-bond acceptors (Lipinski definition) is 3. The molecule has 2 heterocycles. The van der Waals surface area contributed by atoms with Crippen molar-refractivity contribution in [2.75, 3.05) is 0 Å². The molecule has 0 unspecified atom stereocenters. The molecule has 0 aliphatic rings. The van der Waals surface area contributed by atoms with Crippen LogP contribution in [0.3, 0.4) is 0 Å². The lowest BCUT2D eigenvalue weighted by atomic mass is 10.2.